The Bertz CT molecular complexity index is 3920. The van der Waals surface area contributed by atoms with Gasteiger partial charge in [-0.2, -0.15) is 0 Å². The molecule has 5 amide bonds. The molecule has 21 atom stereocenters. The summed E-state index contributed by atoms with van der Waals surface area (Å²) in [5, 5.41) is 0. The molecule has 16 aliphatic heterocycles. The van der Waals surface area contributed by atoms with Crippen molar-refractivity contribution in [2.75, 3.05) is 193 Å². The molecule has 0 N–H and O–H groups in total. The van der Waals surface area contributed by atoms with Crippen molar-refractivity contribution < 1.29 is 143 Å². The molecule has 40 heteroatoms. The van der Waals surface area contributed by atoms with Crippen LogP contribution < -0.4 is 0 Å². The number of likely N-dealkylation sites (N-methyl/N-ethyl adjacent to an activating group) is 5. The third-order valence-corrected chi connectivity index (χ3v) is 27.0. The van der Waals surface area contributed by atoms with Crippen molar-refractivity contribution in [1.82, 2.24) is 49.0 Å². The van der Waals surface area contributed by atoms with Crippen LogP contribution >= 0.6 is 0 Å². The van der Waals surface area contributed by atoms with Crippen LogP contribution in [0, 0.1) is 64.6 Å². The van der Waals surface area contributed by atoms with Crippen LogP contribution in [0.4, 0.5) is 0 Å². The lowest BCUT2D eigenvalue weighted by atomic mass is 9.78. The molecule has 16 heterocycles. The van der Waals surface area contributed by atoms with Crippen molar-refractivity contribution >= 4 is 83.3 Å². The number of amides is 5. The minimum absolute atomic E-state index is 0.0153. The van der Waals surface area contributed by atoms with Crippen LogP contribution in [0.2, 0.25) is 0 Å². The molecule has 40 nitrogen and oxygen atoms in total. The summed E-state index contributed by atoms with van der Waals surface area (Å²) in [5.74, 6) is -8.86. The van der Waals surface area contributed by atoms with Crippen LogP contribution in [0.15, 0.2) is 24.0 Å². The summed E-state index contributed by atoms with van der Waals surface area (Å²) in [4.78, 5) is 192. The van der Waals surface area contributed by atoms with Crippen molar-refractivity contribution in [2.45, 2.75) is 187 Å². The van der Waals surface area contributed by atoms with Gasteiger partial charge in [0.05, 0.1) is 126 Å². The second-order valence-corrected chi connectivity index (χ2v) is 36.8. The fraction of sp³-hybridized carbons (Fsp3) is 0.793. The maximum atomic E-state index is 13.1. The van der Waals surface area contributed by atoms with Gasteiger partial charge in [-0.15, -0.1) is 0 Å². The lowest BCUT2D eigenvalue weighted by molar-refractivity contribution is -0.189. The molecule has 15 saturated heterocycles. The molecule has 10 bridgehead atoms. The fourth-order valence-corrected chi connectivity index (χ4v) is 20.0. The van der Waals surface area contributed by atoms with Crippen molar-refractivity contribution in [3.8, 4) is 0 Å². The minimum atomic E-state index is -0.969. The van der Waals surface area contributed by atoms with E-state index in [2.05, 4.69) is 40.6 Å². The number of hydrogen-bond donors (Lipinski definition) is 0. The van der Waals surface area contributed by atoms with Crippen LogP contribution in [-0.2, 0) is 143 Å². The highest BCUT2D eigenvalue weighted by Crippen LogP contribution is 2.50. The van der Waals surface area contributed by atoms with Gasteiger partial charge in [-0.05, 0) is 134 Å². The molecule has 16 aliphatic rings. The van der Waals surface area contributed by atoms with Gasteiger partial charge in [0.1, 0.15) is 5.76 Å². The molecule has 16 rings (SSSR count). The van der Waals surface area contributed by atoms with E-state index < -0.39 is 145 Å². The summed E-state index contributed by atoms with van der Waals surface area (Å²) in [6.07, 6.45) is 4.37. The average Bonchev–Trinajstić information content (AvgIpc) is 1.63. The smallest absolute Gasteiger partial charge is 0.315 e. The Labute approximate surface area is 740 Å². The van der Waals surface area contributed by atoms with Crippen molar-refractivity contribution in [3.05, 3.63) is 24.0 Å². The summed E-state index contributed by atoms with van der Waals surface area (Å²) >= 11 is 0. The predicted octanol–water partition coefficient (Wildman–Crippen LogP) is 0.733. The standard InChI is InChI=1S/C19H26N2O6.C19H30N2O6.C17H26N2O6.2C16H24N2O6/c1-11-15(26-12(2)25-11)10-24-19(23)17-14-5-4-13(27-14)16(17)18(22)21-8-6-20(3)7-9-21;1-19(2,3)18(24)26-11-25-17(23)15-13-6-5-12(27-13)14(15)16(22)21-9-7-20(4)8-10-21;1-10(20)23-11(2)24-17(22)15-13-5-4-12(25-13)14(15)16(21)19-8-6-18(3)7-9-19;2*1-10(19)22-9-23-16(21)14-12-4-3-11(24-12)13(14)15(20)18-7-5-17(2)6-8-18/h13-14,16-17H,2,4-10H2,1,3H3;12-15H,5-11H2,1-4H3;11-15H,4-9H2,1-3H3;2*11-14H,3-9H2,1-2H3. The Balaban J connectivity index is 0.000000144. The zero-order chi connectivity index (χ0) is 91.6. The third-order valence-electron chi connectivity index (χ3n) is 27.0. The zero-order valence-corrected chi connectivity index (χ0v) is 75.6. The maximum Gasteiger partial charge on any atom is 0.315 e. The van der Waals surface area contributed by atoms with Crippen LogP contribution in [0.1, 0.15) is 120 Å². The highest BCUT2D eigenvalue weighted by atomic mass is 16.7. The lowest BCUT2D eigenvalue weighted by Gasteiger charge is -2.36. The van der Waals surface area contributed by atoms with E-state index in [0.717, 1.165) is 130 Å². The van der Waals surface area contributed by atoms with Gasteiger partial charge in [0, 0.05) is 159 Å². The predicted molar refractivity (Wildman–Crippen MR) is 439 cm³/mol. The summed E-state index contributed by atoms with van der Waals surface area (Å²) in [6.45, 7) is 29.4. The monoisotopic (exact) mass is 1790 g/mol. The molecule has 0 spiro atoms. The third kappa shape index (κ3) is 23.9. The first-order valence-electron chi connectivity index (χ1n) is 44.8. The number of hydrogen-bond acceptors (Lipinski definition) is 35. The fourth-order valence-electron chi connectivity index (χ4n) is 20.0. The van der Waals surface area contributed by atoms with Gasteiger partial charge in [0.2, 0.25) is 56.2 Å². The van der Waals surface area contributed by atoms with E-state index in [4.69, 9.17) is 66.3 Å². The number of allylic oxidation sites excluding steroid dienone is 1. The molecule has 0 radical (unpaired) electrons. The van der Waals surface area contributed by atoms with E-state index in [-0.39, 0.29) is 103 Å². The van der Waals surface area contributed by atoms with Crippen molar-refractivity contribution in [2.24, 2.45) is 64.6 Å². The first kappa shape index (κ1) is 97.3. The number of piperazine rings is 5. The number of carbonyl (C=O) groups excluding carboxylic acids is 14. The largest absolute Gasteiger partial charge is 0.457 e. The lowest BCUT2D eigenvalue weighted by Crippen LogP contribution is -2.52. The Morgan fingerprint density at radius 2 is 0.559 bits per heavy atom. The second kappa shape index (κ2) is 43.3. The number of nitrogens with zero attached hydrogens (tertiary/aromatic N) is 10. The van der Waals surface area contributed by atoms with Crippen molar-refractivity contribution in [3.63, 3.8) is 0 Å². The van der Waals surface area contributed by atoms with Gasteiger partial charge in [-0.25, -0.2) is 0 Å². The quantitative estimate of drug-likeness (QED) is 0.0921. The van der Waals surface area contributed by atoms with Crippen molar-refractivity contribution in [1.29, 1.82) is 0 Å². The summed E-state index contributed by atoms with van der Waals surface area (Å²) in [5.41, 5.74) is -0.665. The second-order valence-electron chi connectivity index (χ2n) is 36.8. The highest BCUT2D eigenvalue weighted by molar-refractivity contribution is 5.91. The number of carbonyl (C=O) groups is 14. The van der Waals surface area contributed by atoms with Gasteiger partial charge in [0.25, 0.3) is 5.95 Å². The molecule has 0 saturated carbocycles. The SMILES string of the molecule is C=C1OC(C)=C(COC(=O)C2C3CCC(O3)C2C(=O)N2CCN(C)CC2)O1.CC(=O)OC(C)OC(=O)C1C2CCC(O2)C1C(=O)N1CCN(C)CC1.CC(=O)OCOC(=O)C1C2CCC(O2)C1C(=O)N1CCN(C)CC1.CC(=O)OCOC(=O)C1C2CCC(O2)C1C(=O)N1CCN(C)CC1.CN1CCN(C(=O)C2C3CCC(O3)C2C(=O)OCOC(=O)C(C)(C)C)CC1. The molecule has 15 fully saturated rings. The molecule has 127 heavy (non-hydrogen) atoms. The van der Waals surface area contributed by atoms with Gasteiger partial charge in [-0.3, -0.25) is 67.1 Å². The van der Waals surface area contributed by atoms with Gasteiger partial charge in [-0.1, -0.05) is 0 Å². The summed E-state index contributed by atoms with van der Waals surface area (Å²) < 4.78 is 84.9. The van der Waals surface area contributed by atoms with E-state index in [9.17, 15) is 67.1 Å². The van der Waals surface area contributed by atoms with Gasteiger partial charge < -0.3 is 125 Å². The summed E-state index contributed by atoms with van der Waals surface area (Å²) in [6, 6.07) is 0. The Morgan fingerprint density at radius 3 is 0.787 bits per heavy atom. The number of fused-ring (bicyclic) bond motifs is 10. The molecule has 0 aromatic rings. The van der Waals surface area contributed by atoms with Crippen LogP contribution in [-0.4, -0.2) is 393 Å². The highest BCUT2D eigenvalue weighted by Gasteiger charge is 2.62. The van der Waals surface area contributed by atoms with E-state index in [1.807, 2.05) is 59.7 Å². The number of esters is 9. The van der Waals surface area contributed by atoms with Crippen LogP contribution in [0.5, 0.6) is 0 Å². The Morgan fingerprint density at radius 1 is 0.323 bits per heavy atom. The Hall–Kier alpha value is -8.74. The molecule has 0 aromatic heterocycles. The molecular weight excluding hydrogens is 1660 g/mol. The summed E-state index contributed by atoms with van der Waals surface area (Å²) in [7, 11) is 10.2. The van der Waals surface area contributed by atoms with E-state index in [1.54, 1.807) is 27.7 Å². The minimum Gasteiger partial charge on any atom is -0.457 e. The Kier molecular flexibility index (Phi) is 33.2. The molecule has 708 valence electrons. The number of ether oxygens (including phenoxy) is 16. The first-order chi connectivity index (χ1) is 60.4. The average molecular weight is 1800 g/mol. The molecule has 0 aromatic carbocycles. The molecule has 0 aliphatic carbocycles. The first-order valence-corrected chi connectivity index (χ1v) is 44.8. The topological polar surface area (TPSA) is 419 Å². The van der Waals surface area contributed by atoms with E-state index in [0.29, 0.717) is 77.0 Å². The van der Waals surface area contributed by atoms with E-state index >= 15 is 0 Å². The van der Waals surface area contributed by atoms with Gasteiger partial charge in [0.15, 0.2) is 12.4 Å². The maximum absolute atomic E-state index is 13.1. The van der Waals surface area contributed by atoms with Crippen LogP contribution in [0.25, 0.3) is 0 Å². The van der Waals surface area contributed by atoms with Gasteiger partial charge >= 0.3 is 53.7 Å². The molecular formula is C87H130N10O30. The normalized spacial score (nSPS) is 32.5. The molecule has 21 unspecified atom stereocenters. The van der Waals surface area contributed by atoms with Crippen LogP contribution in [0.3, 0.4) is 0 Å². The number of rotatable bonds is 20. The van der Waals surface area contributed by atoms with E-state index in [1.165, 1.54) is 27.7 Å². The zero-order valence-electron chi connectivity index (χ0n) is 75.6.